The molecule has 0 saturated heterocycles. The molecule has 6 heteroatoms. The molecule has 96 valence electrons. The van der Waals surface area contributed by atoms with Crippen LogP contribution in [0.1, 0.15) is 6.92 Å². The van der Waals surface area contributed by atoms with E-state index in [1.807, 2.05) is 18.4 Å². The summed E-state index contributed by atoms with van der Waals surface area (Å²) in [4.78, 5) is 1.10. The second kappa shape index (κ2) is 6.28. The van der Waals surface area contributed by atoms with Gasteiger partial charge in [0.15, 0.2) is 0 Å². The number of hydrogen-bond acceptors (Lipinski definition) is 4. The summed E-state index contributed by atoms with van der Waals surface area (Å²) in [6.07, 6.45) is 1.65. The Labute approximate surface area is 107 Å². The standard InChI is InChI=1S/C11H17NO3S2/c1-9(15-2)8-17(13,14)12-10-4-6-11(16-3)7-5-10/h4-7,9,12H,8H2,1-3H3/t9-/m0/s1. The number of methoxy groups -OCH3 is 1. The molecule has 0 amide bonds. The van der Waals surface area contributed by atoms with E-state index in [4.69, 9.17) is 4.74 Å². The van der Waals surface area contributed by atoms with Crippen molar-refractivity contribution in [3.8, 4) is 0 Å². The molecule has 4 nitrogen and oxygen atoms in total. The molecule has 0 unspecified atom stereocenters. The van der Waals surface area contributed by atoms with Crippen molar-refractivity contribution in [3.05, 3.63) is 24.3 Å². The van der Waals surface area contributed by atoms with Crippen LogP contribution in [0.25, 0.3) is 0 Å². The highest BCUT2D eigenvalue weighted by molar-refractivity contribution is 7.98. The number of sulfonamides is 1. The summed E-state index contributed by atoms with van der Waals surface area (Å²) < 4.78 is 30.9. The first-order valence-corrected chi connectivity index (χ1v) is 8.02. The molecule has 1 rings (SSSR count). The zero-order valence-corrected chi connectivity index (χ0v) is 11.8. The Morgan fingerprint density at radius 1 is 1.35 bits per heavy atom. The van der Waals surface area contributed by atoms with Gasteiger partial charge in [0.2, 0.25) is 10.0 Å². The van der Waals surface area contributed by atoms with E-state index in [9.17, 15) is 8.42 Å². The fourth-order valence-corrected chi connectivity index (χ4v) is 3.00. The Balaban J connectivity index is 2.69. The van der Waals surface area contributed by atoms with Gasteiger partial charge >= 0.3 is 0 Å². The minimum absolute atomic E-state index is 0.0478. The lowest BCUT2D eigenvalue weighted by Gasteiger charge is -2.12. The molecule has 0 aliphatic carbocycles. The minimum atomic E-state index is -3.35. The van der Waals surface area contributed by atoms with Gasteiger partial charge in [-0.1, -0.05) is 0 Å². The summed E-state index contributed by atoms with van der Waals surface area (Å²) in [7, 11) is -1.85. The van der Waals surface area contributed by atoms with Crippen molar-refractivity contribution in [1.82, 2.24) is 0 Å². The molecular formula is C11H17NO3S2. The van der Waals surface area contributed by atoms with E-state index in [0.29, 0.717) is 5.69 Å². The molecule has 1 aromatic carbocycles. The minimum Gasteiger partial charge on any atom is -0.381 e. The SMILES string of the molecule is CO[C@@H](C)CS(=O)(=O)Nc1ccc(SC)cc1. The fraction of sp³-hybridized carbons (Fsp3) is 0.455. The van der Waals surface area contributed by atoms with Gasteiger partial charge in [0, 0.05) is 17.7 Å². The molecule has 0 aliphatic heterocycles. The van der Waals surface area contributed by atoms with E-state index in [0.717, 1.165) is 4.90 Å². The lowest BCUT2D eigenvalue weighted by atomic mass is 10.3. The smallest absolute Gasteiger partial charge is 0.235 e. The van der Waals surface area contributed by atoms with Crippen LogP contribution in [0.3, 0.4) is 0 Å². The summed E-state index contributed by atoms with van der Waals surface area (Å²) in [5.74, 6) is -0.0478. The van der Waals surface area contributed by atoms with Crippen LogP contribution in [-0.4, -0.2) is 33.6 Å². The first-order valence-electron chi connectivity index (χ1n) is 5.14. The summed E-state index contributed by atoms with van der Waals surface area (Å²) in [5.41, 5.74) is 0.575. The van der Waals surface area contributed by atoms with Crippen molar-refractivity contribution in [2.75, 3.05) is 23.8 Å². The normalized spacial score (nSPS) is 13.4. The maximum Gasteiger partial charge on any atom is 0.235 e. The van der Waals surface area contributed by atoms with E-state index in [1.165, 1.54) is 7.11 Å². The lowest BCUT2D eigenvalue weighted by molar-refractivity contribution is 0.136. The number of hydrogen-bond donors (Lipinski definition) is 1. The van der Waals surface area contributed by atoms with E-state index in [2.05, 4.69) is 4.72 Å². The monoisotopic (exact) mass is 275 g/mol. The van der Waals surface area contributed by atoms with Crippen molar-refractivity contribution < 1.29 is 13.2 Å². The fourth-order valence-electron chi connectivity index (χ4n) is 1.26. The Kier molecular flexibility index (Phi) is 5.30. The Hall–Kier alpha value is -0.720. The highest BCUT2D eigenvalue weighted by atomic mass is 32.2. The van der Waals surface area contributed by atoms with Crippen LogP contribution in [0.4, 0.5) is 5.69 Å². The Morgan fingerprint density at radius 3 is 2.41 bits per heavy atom. The number of benzene rings is 1. The van der Waals surface area contributed by atoms with Gasteiger partial charge in [-0.3, -0.25) is 4.72 Å². The number of ether oxygens (including phenoxy) is 1. The predicted molar refractivity (Wildman–Crippen MR) is 72.1 cm³/mol. The van der Waals surface area contributed by atoms with Gasteiger partial charge in [0.1, 0.15) is 0 Å². The van der Waals surface area contributed by atoms with Gasteiger partial charge in [0.05, 0.1) is 11.9 Å². The zero-order valence-electron chi connectivity index (χ0n) is 10.1. The zero-order chi connectivity index (χ0) is 12.9. The highest BCUT2D eigenvalue weighted by Crippen LogP contribution is 2.18. The van der Waals surface area contributed by atoms with Crippen molar-refractivity contribution in [2.24, 2.45) is 0 Å². The lowest BCUT2D eigenvalue weighted by Crippen LogP contribution is -2.25. The summed E-state index contributed by atoms with van der Waals surface area (Å²) in [6.45, 7) is 1.72. The molecule has 0 heterocycles. The van der Waals surface area contributed by atoms with Gasteiger partial charge in [-0.05, 0) is 37.4 Å². The van der Waals surface area contributed by atoms with Crippen LogP contribution >= 0.6 is 11.8 Å². The average molecular weight is 275 g/mol. The largest absolute Gasteiger partial charge is 0.381 e. The maximum absolute atomic E-state index is 11.7. The Morgan fingerprint density at radius 2 is 1.94 bits per heavy atom. The molecule has 0 spiro atoms. The Bertz CT molecular complexity index is 442. The third kappa shape index (κ3) is 4.97. The molecule has 0 aliphatic rings. The van der Waals surface area contributed by atoms with Crippen molar-refractivity contribution in [3.63, 3.8) is 0 Å². The molecule has 1 aromatic rings. The van der Waals surface area contributed by atoms with Crippen LogP contribution in [0, 0.1) is 0 Å². The van der Waals surface area contributed by atoms with Crippen LogP contribution < -0.4 is 4.72 Å². The topological polar surface area (TPSA) is 55.4 Å². The highest BCUT2D eigenvalue weighted by Gasteiger charge is 2.15. The molecule has 0 saturated carbocycles. The molecule has 1 atom stereocenters. The van der Waals surface area contributed by atoms with Gasteiger partial charge in [-0.15, -0.1) is 11.8 Å². The van der Waals surface area contributed by atoms with Gasteiger partial charge in [-0.2, -0.15) is 0 Å². The third-order valence-corrected chi connectivity index (χ3v) is 4.42. The van der Waals surface area contributed by atoms with E-state index < -0.39 is 10.0 Å². The molecular weight excluding hydrogens is 258 g/mol. The van der Waals surface area contributed by atoms with Crippen molar-refractivity contribution in [1.29, 1.82) is 0 Å². The second-order valence-electron chi connectivity index (χ2n) is 3.66. The number of thioether (sulfide) groups is 1. The molecule has 0 fully saturated rings. The van der Waals surface area contributed by atoms with Gasteiger partial charge in [-0.25, -0.2) is 8.42 Å². The first-order chi connectivity index (χ1) is 7.96. The molecule has 1 N–H and O–H groups in total. The summed E-state index contributed by atoms with van der Waals surface area (Å²) in [5, 5.41) is 0. The van der Waals surface area contributed by atoms with Crippen LogP contribution in [0.5, 0.6) is 0 Å². The molecule has 0 bridgehead atoms. The van der Waals surface area contributed by atoms with Gasteiger partial charge < -0.3 is 4.74 Å². The number of rotatable bonds is 6. The van der Waals surface area contributed by atoms with E-state index in [-0.39, 0.29) is 11.9 Å². The van der Waals surface area contributed by atoms with Gasteiger partial charge in [0.25, 0.3) is 0 Å². The van der Waals surface area contributed by atoms with Crippen LogP contribution in [0.15, 0.2) is 29.2 Å². The maximum atomic E-state index is 11.7. The van der Waals surface area contributed by atoms with E-state index in [1.54, 1.807) is 30.8 Å². The molecule has 17 heavy (non-hydrogen) atoms. The van der Waals surface area contributed by atoms with Crippen LogP contribution in [0.2, 0.25) is 0 Å². The van der Waals surface area contributed by atoms with E-state index >= 15 is 0 Å². The van der Waals surface area contributed by atoms with Crippen LogP contribution in [-0.2, 0) is 14.8 Å². The number of anilines is 1. The summed E-state index contributed by atoms with van der Waals surface area (Å²) >= 11 is 1.61. The first kappa shape index (κ1) is 14.3. The predicted octanol–water partition coefficient (Wildman–Crippen LogP) is 2.19. The van der Waals surface area contributed by atoms with Crippen molar-refractivity contribution in [2.45, 2.75) is 17.9 Å². The third-order valence-electron chi connectivity index (χ3n) is 2.22. The average Bonchev–Trinajstić information content (AvgIpc) is 2.28. The second-order valence-corrected chi connectivity index (χ2v) is 6.30. The summed E-state index contributed by atoms with van der Waals surface area (Å²) in [6, 6.07) is 7.26. The quantitative estimate of drug-likeness (QED) is 0.809. The van der Waals surface area contributed by atoms with Crippen molar-refractivity contribution >= 4 is 27.5 Å². The number of nitrogens with one attached hydrogen (secondary N) is 1. The molecule has 0 aromatic heterocycles. The molecule has 0 radical (unpaired) electrons.